The molecular weight excluding hydrogens is 328 g/mol. The van der Waals surface area contributed by atoms with E-state index in [0.29, 0.717) is 19.6 Å². The average molecular weight is 371 g/mol. The highest BCUT2D eigenvalue weighted by Gasteiger charge is 2.18. The van der Waals surface area contributed by atoms with E-state index in [2.05, 4.69) is 20.8 Å². The minimum absolute atomic E-state index is 0.00160. The summed E-state index contributed by atoms with van der Waals surface area (Å²) in [5.41, 5.74) is 0. The number of carbonyl (C=O) groups excluding carboxylic acids is 2. The SMILES string of the molecule is CCCCOC(=O)CCCCCCCC(CCCC)C(=O)OCCCC. The van der Waals surface area contributed by atoms with Gasteiger partial charge in [0.1, 0.15) is 0 Å². The Labute approximate surface area is 161 Å². The van der Waals surface area contributed by atoms with Crippen LogP contribution < -0.4 is 0 Å². The quantitative estimate of drug-likeness (QED) is 0.212. The molecule has 0 fully saturated rings. The highest BCUT2D eigenvalue weighted by Crippen LogP contribution is 2.19. The first-order chi connectivity index (χ1) is 12.7. The van der Waals surface area contributed by atoms with Crippen LogP contribution in [0.4, 0.5) is 0 Å². The Morgan fingerprint density at radius 2 is 1.19 bits per heavy atom. The van der Waals surface area contributed by atoms with Gasteiger partial charge in [-0.1, -0.05) is 72.1 Å². The van der Waals surface area contributed by atoms with Crippen LogP contribution in [0.3, 0.4) is 0 Å². The van der Waals surface area contributed by atoms with Gasteiger partial charge in [-0.2, -0.15) is 0 Å². The summed E-state index contributed by atoms with van der Waals surface area (Å²) in [6.07, 6.45) is 13.9. The van der Waals surface area contributed by atoms with Crippen molar-refractivity contribution in [2.75, 3.05) is 13.2 Å². The Balaban J connectivity index is 3.77. The van der Waals surface area contributed by atoms with Gasteiger partial charge in [0.2, 0.25) is 0 Å². The van der Waals surface area contributed by atoms with E-state index in [9.17, 15) is 9.59 Å². The van der Waals surface area contributed by atoms with Crippen molar-refractivity contribution in [1.29, 1.82) is 0 Å². The molecular formula is C22H42O4. The third-order valence-electron chi connectivity index (χ3n) is 4.68. The molecule has 0 heterocycles. The lowest BCUT2D eigenvalue weighted by molar-refractivity contribution is -0.149. The van der Waals surface area contributed by atoms with E-state index in [1.165, 1.54) is 0 Å². The molecule has 0 aromatic rings. The number of hydrogen-bond donors (Lipinski definition) is 0. The summed E-state index contributed by atoms with van der Waals surface area (Å²) in [5, 5.41) is 0. The summed E-state index contributed by atoms with van der Waals surface area (Å²) in [5.74, 6) is 0.00924. The van der Waals surface area contributed by atoms with Gasteiger partial charge in [0.05, 0.1) is 19.1 Å². The Morgan fingerprint density at radius 1 is 0.654 bits per heavy atom. The van der Waals surface area contributed by atoms with Crippen LogP contribution in [0.2, 0.25) is 0 Å². The number of unbranched alkanes of at least 4 members (excludes halogenated alkanes) is 7. The normalized spacial score (nSPS) is 12.0. The molecule has 0 radical (unpaired) electrons. The summed E-state index contributed by atoms with van der Waals surface area (Å²) in [4.78, 5) is 23.7. The maximum Gasteiger partial charge on any atom is 0.308 e. The average Bonchev–Trinajstić information content (AvgIpc) is 2.63. The van der Waals surface area contributed by atoms with Crippen LogP contribution in [-0.4, -0.2) is 25.2 Å². The third-order valence-corrected chi connectivity index (χ3v) is 4.68. The molecule has 0 bridgehead atoms. The van der Waals surface area contributed by atoms with E-state index in [0.717, 1.165) is 83.5 Å². The standard InChI is InChI=1S/C22H42O4/c1-4-7-15-20(22(24)26-19-9-6-3)16-13-11-10-12-14-17-21(23)25-18-8-5-2/h20H,4-19H2,1-3H3. The topological polar surface area (TPSA) is 52.6 Å². The second kappa shape index (κ2) is 18.7. The lowest BCUT2D eigenvalue weighted by atomic mass is 9.95. The molecule has 0 aromatic heterocycles. The monoisotopic (exact) mass is 370 g/mol. The van der Waals surface area contributed by atoms with Crippen LogP contribution in [0.25, 0.3) is 0 Å². The van der Waals surface area contributed by atoms with E-state index < -0.39 is 0 Å². The Morgan fingerprint density at radius 3 is 1.85 bits per heavy atom. The van der Waals surface area contributed by atoms with Crippen LogP contribution in [0.15, 0.2) is 0 Å². The van der Waals surface area contributed by atoms with Gasteiger partial charge in [-0.3, -0.25) is 9.59 Å². The van der Waals surface area contributed by atoms with Crippen LogP contribution >= 0.6 is 0 Å². The maximum absolute atomic E-state index is 12.2. The lowest BCUT2D eigenvalue weighted by Crippen LogP contribution is -2.18. The van der Waals surface area contributed by atoms with Crippen molar-refractivity contribution >= 4 is 11.9 Å². The predicted octanol–water partition coefficient (Wildman–Crippen LogP) is 6.21. The highest BCUT2D eigenvalue weighted by atomic mass is 16.5. The predicted molar refractivity (Wildman–Crippen MR) is 107 cm³/mol. The minimum atomic E-state index is -0.0621. The summed E-state index contributed by atoms with van der Waals surface area (Å²) in [6, 6.07) is 0. The Bertz CT molecular complexity index is 341. The molecule has 1 unspecified atom stereocenters. The van der Waals surface area contributed by atoms with Gasteiger partial charge in [0.15, 0.2) is 0 Å². The van der Waals surface area contributed by atoms with E-state index in [1.54, 1.807) is 0 Å². The zero-order valence-corrected chi connectivity index (χ0v) is 17.5. The van der Waals surface area contributed by atoms with Crippen molar-refractivity contribution in [3.8, 4) is 0 Å². The lowest BCUT2D eigenvalue weighted by Gasteiger charge is -2.15. The number of esters is 2. The Hall–Kier alpha value is -1.06. The van der Waals surface area contributed by atoms with Gasteiger partial charge in [0, 0.05) is 6.42 Å². The molecule has 0 aliphatic heterocycles. The molecule has 0 aliphatic carbocycles. The molecule has 0 aromatic carbocycles. The molecule has 0 saturated heterocycles. The van der Waals surface area contributed by atoms with Gasteiger partial charge in [0.25, 0.3) is 0 Å². The summed E-state index contributed by atoms with van der Waals surface area (Å²) in [6.45, 7) is 7.47. The molecule has 0 N–H and O–H groups in total. The van der Waals surface area contributed by atoms with Gasteiger partial charge < -0.3 is 9.47 Å². The number of hydrogen-bond acceptors (Lipinski definition) is 4. The Kier molecular flexibility index (Phi) is 18.0. The smallest absolute Gasteiger partial charge is 0.308 e. The largest absolute Gasteiger partial charge is 0.466 e. The fraction of sp³-hybridized carbons (Fsp3) is 0.909. The molecule has 0 aliphatic rings. The van der Waals surface area contributed by atoms with Crippen LogP contribution in [0, 0.1) is 5.92 Å². The van der Waals surface area contributed by atoms with E-state index in [1.807, 2.05) is 0 Å². The minimum Gasteiger partial charge on any atom is -0.466 e. The fourth-order valence-corrected chi connectivity index (χ4v) is 2.86. The third kappa shape index (κ3) is 15.2. The van der Waals surface area contributed by atoms with Crippen molar-refractivity contribution in [3.05, 3.63) is 0 Å². The molecule has 1 atom stereocenters. The van der Waals surface area contributed by atoms with E-state index >= 15 is 0 Å². The van der Waals surface area contributed by atoms with Crippen LogP contribution in [-0.2, 0) is 19.1 Å². The first-order valence-electron chi connectivity index (χ1n) is 11.0. The number of rotatable bonds is 18. The van der Waals surface area contributed by atoms with Crippen molar-refractivity contribution < 1.29 is 19.1 Å². The second-order valence-corrected chi connectivity index (χ2v) is 7.24. The van der Waals surface area contributed by atoms with Crippen molar-refractivity contribution in [1.82, 2.24) is 0 Å². The molecule has 4 heteroatoms. The summed E-state index contributed by atoms with van der Waals surface area (Å²) < 4.78 is 10.6. The number of ether oxygens (including phenoxy) is 2. The van der Waals surface area contributed by atoms with Gasteiger partial charge in [-0.05, 0) is 32.1 Å². The van der Waals surface area contributed by atoms with Crippen LogP contribution in [0.1, 0.15) is 111 Å². The molecule has 26 heavy (non-hydrogen) atoms. The molecule has 4 nitrogen and oxygen atoms in total. The highest BCUT2D eigenvalue weighted by molar-refractivity contribution is 5.72. The number of carbonyl (C=O) groups is 2. The zero-order valence-electron chi connectivity index (χ0n) is 17.5. The molecule has 0 saturated carbocycles. The van der Waals surface area contributed by atoms with Crippen molar-refractivity contribution in [3.63, 3.8) is 0 Å². The zero-order chi connectivity index (χ0) is 19.5. The van der Waals surface area contributed by atoms with Crippen LogP contribution in [0.5, 0.6) is 0 Å². The van der Waals surface area contributed by atoms with Gasteiger partial charge in [-0.25, -0.2) is 0 Å². The first-order valence-corrected chi connectivity index (χ1v) is 11.0. The summed E-state index contributed by atoms with van der Waals surface area (Å²) in [7, 11) is 0. The van der Waals surface area contributed by atoms with Gasteiger partial charge >= 0.3 is 11.9 Å². The van der Waals surface area contributed by atoms with Crippen molar-refractivity contribution in [2.45, 2.75) is 111 Å². The van der Waals surface area contributed by atoms with Crippen molar-refractivity contribution in [2.24, 2.45) is 5.92 Å². The fourth-order valence-electron chi connectivity index (χ4n) is 2.86. The van der Waals surface area contributed by atoms with E-state index in [-0.39, 0.29) is 17.9 Å². The first kappa shape index (κ1) is 24.9. The maximum atomic E-state index is 12.2. The van der Waals surface area contributed by atoms with E-state index in [4.69, 9.17) is 9.47 Å². The summed E-state index contributed by atoms with van der Waals surface area (Å²) >= 11 is 0. The molecule has 154 valence electrons. The molecule has 0 rings (SSSR count). The molecule has 0 spiro atoms. The van der Waals surface area contributed by atoms with Gasteiger partial charge in [-0.15, -0.1) is 0 Å². The second-order valence-electron chi connectivity index (χ2n) is 7.24. The molecule has 0 amide bonds.